The number of hydrazone groups is 1. The molecule has 0 spiro atoms. The van der Waals surface area contributed by atoms with Gasteiger partial charge in [0.2, 0.25) is 0 Å². The lowest BCUT2D eigenvalue weighted by Crippen LogP contribution is -2.39. The van der Waals surface area contributed by atoms with E-state index < -0.39 is 27.4 Å². The Kier molecular flexibility index (Phi) is 8.10. The van der Waals surface area contributed by atoms with E-state index in [4.69, 9.17) is 0 Å². The average molecular weight is 481 g/mol. The highest BCUT2D eigenvalue weighted by atomic mass is 32.2. The van der Waals surface area contributed by atoms with E-state index in [0.29, 0.717) is 12.1 Å². The second-order valence-electron chi connectivity index (χ2n) is 7.47. The number of anilines is 1. The molecule has 1 N–H and O–H groups in total. The van der Waals surface area contributed by atoms with Gasteiger partial charge in [0.15, 0.2) is 0 Å². The van der Waals surface area contributed by atoms with Gasteiger partial charge in [-0.3, -0.25) is 19.2 Å². The molecule has 3 aromatic rings. The van der Waals surface area contributed by atoms with E-state index in [1.54, 1.807) is 25.1 Å². The van der Waals surface area contributed by atoms with E-state index in [1.165, 1.54) is 36.4 Å². The van der Waals surface area contributed by atoms with Crippen LogP contribution in [0.2, 0.25) is 0 Å². The maximum Gasteiger partial charge on any atom is 0.269 e. The van der Waals surface area contributed by atoms with E-state index in [2.05, 4.69) is 10.5 Å². The van der Waals surface area contributed by atoms with Crippen molar-refractivity contribution in [2.24, 2.45) is 5.10 Å². The lowest BCUT2D eigenvalue weighted by molar-refractivity contribution is -0.384. The van der Waals surface area contributed by atoms with Crippen LogP contribution in [0.15, 0.2) is 94.9 Å². The molecule has 0 fully saturated rings. The Morgan fingerprint density at radius 1 is 0.971 bits per heavy atom. The number of hydrogen-bond acceptors (Lipinski definition) is 6. The van der Waals surface area contributed by atoms with E-state index in [9.17, 15) is 23.3 Å². The first kappa shape index (κ1) is 24.6. The maximum atomic E-state index is 13.3. The summed E-state index contributed by atoms with van der Waals surface area (Å²) in [7, 11) is -4.11. The number of nitro benzene ring substituents is 1. The number of benzene rings is 3. The van der Waals surface area contributed by atoms with Gasteiger partial charge < -0.3 is 0 Å². The van der Waals surface area contributed by atoms with Gasteiger partial charge >= 0.3 is 0 Å². The highest BCUT2D eigenvalue weighted by Crippen LogP contribution is 2.25. The first-order chi connectivity index (χ1) is 16.3. The molecule has 0 saturated carbocycles. The number of nitrogens with one attached hydrogen (secondary N) is 1. The van der Waals surface area contributed by atoms with Crippen molar-refractivity contribution in [2.75, 3.05) is 10.8 Å². The van der Waals surface area contributed by atoms with Crippen molar-refractivity contribution in [2.45, 2.75) is 24.7 Å². The van der Waals surface area contributed by atoms with Crippen molar-refractivity contribution in [3.05, 3.63) is 101 Å². The zero-order chi connectivity index (χ0) is 24.6. The SMILES string of the molecule is C/C(CCc1ccccc1)=N/NC(=O)CN(c1ccc([N+](=O)[O-])cc1)S(=O)(=O)c1ccccc1. The van der Waals surface area contributed by atoms with E-state index in [1.807, 2.05) is 30.3 Å². The zero-order valence-corrected chi connectivity index (χ0v) is 19.3. The number of sulfonamides is 1. The molecule has 0 atom stereocenters. The Hall–Kier alpha value is -4.05. The molecular weight excluding hydrogens is 456 g/mol. The summed E-state index contributed by atoms with van der Waals surface area (Å²) < 4.78 is 27.4. The van der Waals surface area contributed by atoms with Gasteiger partial charge in [0.25, 0.3) is 21.6 Å². The second kappa shape index (κ2) is 11.2. The summed E-state index contributed by atoms with van der Waals surface area (Å²) in [5, 5.41) is 15.1. The van der Waals surface area contributed by atoms with Crippen LogP contribution in [0.4, 0.5) is 11.4 Å². The number of aryl methyl sites for hydroxylation is 1. The summed E-state index contributed by atoms with van der Waals surface area (Å²) in [5.74, 6) is -0.642. The van der Waals surface area contributed by atoms with Crippen molar-refractivity contribution in [1.82, 2.24) is 5.43 Å². The number of hydrogen-bond donors (Lipinski definition) is 1. The zero-order valence-electron chi connectivity index (χ0n) is 18.5. The largest absolute Gasteiger partial charge is 0.271 e. The quantitative estimate of drug-likeness (QED) is 0.268. The number of non-ortho nitro benzene ring substituents is 1. The third kappa shape index (κ3) is 6.48. The molecule has 10 heteroatoms. The molecule has 3 aromatic carbocycles. The van der Waals surface area contributed by atoms with Crippen LogP contribution < -0.4 is 9.73 Å². The Morgan fingerprint density at radius 2 is 1.56 bits per heavy atom. The fourth-order valence-corrected chi connectivity index (χ4v) is 4.57. The molecule has 0 aromatic heterocycles. The highest BCUT2D eigenvalue weighted by molar-refractivity contribution is 7.92. The van der Waals surface area contributed by atoms with Crippen LogP contribution in [0.25, 0.3) is 0 Å². The van der Waals surface area contributed by atoms with Crippen molar-refractivity contribution in [1.29, 1.82) is 0 Å². The van der Waals surface area contributed by atoms with Crippen LogP contribution >= 0.6 is 0 Å². The smallest absolute Gasteiger partial charge is 0.269 e. The fraction of sp³-hybridized carbons (Fsp3) is 0.167. The predicted octanol–water partition coefficient (Wildman–Crippen LogP) is 3.92. The first-order valence-corrected chi connectivity index (χ1v) is 11.9. The molecular formula is C24H24N4O5S. The van der Waals surface area contributed by atoms with Crippen LogP contribution in [-0.2, 0) is 21.2 Å². The third-order valence-electron chi connectivity index (χ3n) is 4.96. The van der Waals surface area contributed by atoms with Gasteiger partial charge in [-0.25, -0.2) is 13.8 Å². The van der Waals surface area contributed by atoms with Gasteiger partial charge in [0, 0.05) is 17.8 Å². The van der Waals surface area contributed by atoms with Crippen molar-refractivity contribution in [3.8, 4) is 0 Å². The van der Waals surface area contributed by atoms with Crippen molar-refractivity contribution < 1.29 is 18.1 Å². The standard InChI is InChI=1S/C24H24N4O5S/c1-19(12-13-20-8-4-2-5-9-20)25-26-24(29)18-27(21-14-16-22(17-15-21)28(30)31)34(32,33)23-10-6-3-7-11-23/h2-11,14-17H,12-13,18H2,1H3,(H,26,29)/b25-19-. The van der Waals surface area contributed by atoms with Crippen LogP contribution in [0.3, 0.4) is 0 Å². The Bertz CT molecular complexity index is 1260. The molecule has 0 bridgehead atoms. The number of carbonyl (C=O) groups excluding carboxylic acids is 1. The monoisotopic (exact) mass is 480 g/mol. The summed E-state index contributed by atoms with van der Waals surface area (Å²) in [6.45, 7) is 1.22. The summed E-state index contributed by atoms with van der Waals surface area (Å²) >= 11 is 0. The van der Waals surface area contributed by atoms with Crippen molar-refractivity contribution in [3.63, 3.8) is 0 Å². The van der Waals surface area contributed by atoms with E-state index >= 15 is 0 Å². The maximum absolute atomic E-state index is 13.3. The molecule has 0 unspecified atom stereocenters. The first-order valence-electron chi connectivity index (χ1n) is 10.5. The van der Waals surface area contributed by atoms with Gasteiger partial charge in [0.05, 0.1) is 15.5 Å². The number of nitro groups is 1. The van der Waals surface area contributed by atoms with E-state index in [0.717, 1.165) is 16.3 Å². The lowest BCUT2D eigenvalue weighted by atomic mass is 10.1. The molecule has 3 rings (SSSR count). The Balaban J connectivity index is 1.76. The molecule has 0 heterocycles. The molecule has 9 nitrogen and oxygen atoms in total. The highest BCUT2D eigenvalue weighted by Gasteiger charge is 2.27. The summed E-state index contributed by atoms with van der Waals surface area (Å²) in [6.07, 6.45) is 1.38. The summed E-state index contributed by atoms with van der Waals surface area (Å²) in [6, 6.07) is 22.4. The minimum absolute atomic E-state index is 0.0105. The van der Waals surface area contributed by atoms with Crippen molar-refractivity contribution >= 4 is 33.0 Å². The average Bonchev–Trinajstić information content (AvgIpc) is 2.86. The summed E-state index contributed by atoms with van der Waals surface area (Å²) in [5.41, 5.74) is 4.16. The van der Waals surface area contributed by atoms with Gasteiger partial charge in [-0.05, 0) is 49.6 Å². The van der Waals surface area contributed by atoms with E-state index in [-0.39, 0.29) is 16.3 Å². The van der Waals surface area contributed by atoms with Gasteiger partial charge in [0.1, 0.15) is 6.54 Å². The normalized spacial score (nSPS) is 11.6. The Labute approximate surface area is 197 Å². The molecule has 0 radical (unpaired) electrons. The summed E-state index contributed by atoms with van der Waals surface area (Å²) in [4.78, 5) is 23.0. The minimum atomic E-state index is -4.11. The molecule has 34 heavy (non-hydrogen) atoms. The Morgan fingerprint density at radius 3 is 2.15 bits per heavy atom. The number of nitrogens with zero attached hydrogens (tertiary/aromatic N) is 3. The predicted molar refractivity (Wildman–Crippen MR) is 130 cm³/mol. The topological polar surface area (TPSA) is 122 Å². The molecule has 0 aliphatic heterocycles. The molecule has 0 aliphatic carbocycles. The van der Waals surface area contributed by atoms with Crippen LogP contribution in [0.1, 0.15) is 18.9 Å². The lowest BCUT2D eigenvalue weighted by Gasteiger charge is -2.23. The van der Waals surface area contributed by atoms with Gasteiger partial charge in [-0.15, -0.1) is 0 Å². The molecule has 1 amide bonds. The van der Waals surface area contributed by atoms with Crippen LogP contribution in [-0.4, -0.2) is 31.5 Å². The van der Waals surface area contributed by atoms with Gasteiger partial charge in [-0.1, -0.05) is 48.5 Å². The van der Waals surface area contributed by atoms with Crippen LogP contribution in [0.5, 0.6) is 0 Å². The van der Waals surface area contributed by atoms with Crippen LogP contribution in [0, 0.1) is 10.1 Å². The fourth-order valence-electron chi connectivity index (χ4n) is 3.12. The molecule has 176 valence electrons. The third-order valence-corrected chi connectivity index (χ3v) is 6.74. The number of rotatable bonds is 10. The number of carbonyl (C=O) groups is 1. The van der Waals surface area contributed by atoms with Gasteiger partial charge in [-0.2, -0.15) is 5.10 Å². The minimum Gasteiger partial charge on any atom is -0.271 e. The number of amides is 1. The molecule has 0 aliphatic rings. The second-order valence-corrected chi connectivity index (χ2v) is 9.33. The molecule has 0 saturated heterocycles.